The Labute approximate surface area is 66.2 Å². The van der Waals surface area contributed by atoms with E-state index in [1.807, 2.05) is 12.3 Å². The number of nitrogen functional groups attached to an aromatic ring is 1. The van der Waals surface area contributed by atoms with Crippen LogP contribution in [0, 0.1) is 0 Å². The summed E-state index contributed by atoms with van der Waals surface area (Å²) in [5, 5.41) is 0. The van der Waals surface area contributed by atoms with E-state index in [1.165, 1.54) is 18.4 Å². The maximum absolute atomic E-state index is 5.70. The minimum Gasteiger partial charge on any atom is -0.397 e. The van der Waals surface area contributed by atoms with Crippen molar-refractivity contribution in [3.05, 3.63) is 24.0 Å². The van der Waals surface area contributed by atoms with Crippen molar-refractivity contribution in [1.82, 2.24) is 11.1 Å². The van der Waals surface area contributed by atoms with Gasteiger partial charge in [0.05, 0.1) is 11.9 Å². The van der Waals surface area contributed by atoms with Crippen molar-refractivity contribution in [2.75, 3.05) is 5.73 Å². The largest absolute Gasteiger partial charge is 0.397 e. The van der Waals surface area contributed by atoms with Gasteiger partial charge < -0.3 is 11.9 Å². The SMILES string of the molecule is N.Nc1cnccc1C1CC1. The lowest BCUT2D eigenvalue weighted by molar-refractivity contribution is 1.11. The zero-order valence-corrected chi connectivity index (χ0v) is 6.46. The van der Waals surface area contributed by atoms with Crippen LogP contribution in [0.2, 0.25) is 0 Å². The second kappa shape index (κ2) is 2.88. The van der Waals surface area contributed by atoms with Crippen LogP contribution in [0.15, 0.2) is 18.5 Å². The van der Waals surface area contributed by atoms with Gasteiger partial charge in [0.1, 0.15) is 0 Å². The van der Waals surface area contributed by atoms with Crippen LogP contribution in [0.1, 0.15) is 24.3 Å². The van der Waals surface area contributed by atoms with E-state index < -0.39 is 0 Å². The molecule has 1 aromatic rings. The Hall–Kier alpha value is -1.09. The molecular weight excluding hydrogens is 138 g/mol. The molecule has 2 rings (SSSR count). The first-order valence-corrected chi connectivity index (χ1v) is 3.57. The van der Waals surface area contributed by atoms with Crippen LogP contribution >= 0.6 is 0 Å². The third-order valence-corrected chi connectivity index (χ3v) is 1.90. The molecule has 1 aliphatic carbocycles. The zero-order valence-electron chi connectivity index (χ0n) is 6.46. The normalized spacial score (nSPS) is 15.6. The first-order valence-electron chi connectivity index (χ1n) is 3.57. The molecule has 0 unspecified atom stereocenters. The molecule has 3 nitrogen and oxygen atoms in total. The fourth-order valence-electron chi connectivity index (χ4n) is 1.18. The molecule has 1 heterocycles. The van der Waals surface area contributed by atoms with Crippen LogP contribution < -0.4 is 11.9 Å². The highest BCUT2D eigenvalue weighted by molar-refractivity contribution is 5.47. The summed E-state index contributed by atoms with van der Waals surface area (Å²) in [7, 11) is 0. The lowest BCUT2D eigenvalue weighted by atomic mass is 10.1. The van der Waals surface area contributed by atoms with E-state index in [1.54, 1.807) is 6.20 Å². The highest BCUT2D eigenvalue weighted by Gasteiger charge is 2.24. The Balaban J connectivity index is 0.000000605. The van der Waals surface area contributed by atoms with Gasteiger partial charge in [-0.05, 0) is 30.4 Å². The lowest BCUT2D eigenvalue weighted by Crippen LogP contribution is -1.92. The van der Waals surface area contributed by atoms with Crippen molar-refractivity contribution in [1.29, 1.82) is 0 Å². The fourth-order valence-corrected chi connectivity index (χ4v) is 1.18. The van der Waals surface area contributed by atoms with Gasteiger partial charge in [0.15, 0.2) is 0 Å². The molecule has 5 N–H and O–H groups in total. The maximum Gasteiger partial charge on any atom is 0.0535 e. The molecule has 0 bridgehead atoms. The predicted molar refractivity (Wildman–Crippen MR) is 45.6 cm³/mol. The van der Waals surface area contributed by atoms with Gasteiger partial charge >= 0.3 is 0 Å². The van der Waals surface area contributed by atoms with Crippen LogP contribution in [0.4, 0.5) is 5.69 Å². The second-order valence-corrected chi connectivity index (χ2v) is 2.78. The molecule has 1 aliphatic rings. The zero-order chi connectivity index (χ0) is 6.97. The molecule has 0 aromatic carbocycles. The van der Waals surface area contributed by atoms with Crippen LogP contribution in [0.25, 0.3) is 0 Å². The van der Waals surface area contributed by atoms with E-state index in [0.717, 1.165) is 11.6 Å². The number of pyridine rings is 1. The molecule has 1 fully saturated rings. The van der Waals surface area contributed by atoms with Crippen molar-refractivity contribution < 1.29 is 0 Å². The summed E-state index contributed by atoms with van der Waals surface area (Å²) in [6, 6.07) is 2.02. The van der Waals surface area contributed by atoms with Crippen LogP contribution in [0.5, 0.6) is 0 Å². The van der Waals surface area contributed by atoms with Crippen LogP contribution in [-0.4, -0.2) is 4.98 Å². The highest BCUT2D eigenvalue weighted by atomic mass is 14.7. The van der Waals surface area contributed by atoms with Gasteiger partial charge in [0.25, 0.3) is 0 Å². The van der Waals surface area contributed by atoms with Crippen molar-refractivity contribution in [3.8, 4) is 0 Å². The third-order valence-electron chi connectivity index (χ3n) is 1.90. The number of rotatable bonds is 1. The van der Waals surface area contributed by atoms with Crippen LogP contribution in [-0.2, 0) is 0 Å². The average Bonchev–Trinajstić information content (AvgIpc) is 2.71. The molecule has 3 heteroatoms. The molecule has 0 amide bonds. The summed E-state index contributed by atoms with van der Waals surface area (Å²) >= 11 is 0. The van der Waals surface area contributed by atoms with E-state index >= 15 is 0 Å². The smallest absolute Gasteiger partial charge is 0.0535 e. The molecule has 0 aliphatic heterocycles. The van der Waals surface area contributed by atoms with E-state index in [0.29, 0.717) is 0 Å². The Morgan fingerprint density at radius 2 is 2.18 bits per heavy atom. The molecule has 0 spiro atoms. The molecule has 0 atom stereocenters. The van der Waals surface area contributed by atoms with Crippen molar-refractivity contribution in [3.63, 3.8) is 0 Å². The minimum atomic E-state index is 0. The summed E-state index contributed by atoms with van der Waals surface area (Å²) in [5.74, 6) is 0.739. The monoisotopic (exact) mass is 151 g/mol. The Kier molecular flexibility index (Phi) is 2.10. The molecule has 0 saturated heterocycles. The van der Waals surface area contributed by atoms with E-state index in [2.05, 4.69) is 4.98 Å². The van der Waals surface area contributed by atoms with Gasteiger partial charge in [0.2, 0.25) is 0 Å². The first kappa shape index (κ1) is 8.01. The van der Waals surface area contributed by atoms with E-state index in [9.17, 15) is 0 Å². The lowest BCUT2D eigenvalue weighted by Gasteiger charge is -1.99. The molecular formula is C8H13N3. The van der Waals surface area contributed by atoms with Gasteiger partial charge in [-0.3, -0.25) is 4.98 Å². The van der Waals surface area contributed by atoms with Crippen molar-refractivity contribution >= 4 is 5.69 Å². The summed E-state index contributed by atoms with van der Waals surface area (Å²) in [5.41, 5.74) is 7.84. The fraction of sp³-hybridized carbons (Fsp3) is 0.375. The Morgan fingerprint density at radius 1 is 1.45 bits per heavy atom. The number of anilines is 1. The van der Waals surface area contributed by atoms with Crippen molar-refractivity contribution in [2.24, 2.45) is 0 Å². The Bertz CT molecular complexity index is 243. The number of hydrogen-bond donors (Lipinski definition) is 2. The first-order chi connectivity index (χ1) is 4.88. The molecule has 1 saturated carbocycles. The third kappa shape index (κ3) is 1.49. The summed E-state index contributed by atoms with van der Waals surface area (Å²) in [6.45, 7) is 0. The van der Waals surface area contributed by atoms with E-state index in [4.69, 9.17) is 5.73 Å². The van der Waals surface area contributed by atoms with Gasteiger partial charge in [-0.2, -0.15) is 0 Å². The van der Waals surface area contributed by atoms with Gasteiger partial charge in [-0.15, -0.1) is 0 Å². The summed E-state index contributed by atoms with van der Waals surface area (Å²) in [4.78, 5) is 3.93. The minimum absolute atomic E-state index is 0. The quantitative estimate of drug-likeness (QED) is 0.641. The standard InChI is InChI=1S/C8H10N2.H3N/c9-8-5-10-4-3-7(8)6-1-2-6;/h3-6H,1-2,9H2;1H3. The number of nitrogens with zero attached hydrogens (tertiary/aromatic N) is 1. The average molecular weight is 151 g/mol. The van der Waals surface area contributed by atoms with E-state index in [-0.39, 0.29) is 6.15 Å². The highest BCUT2D eigenvalue weighted by Crippen LogP contribution is 2.41. The van der Waals surface area contributed by atoms with Gasteiger partial charge in [0, 0.05) is 6.20 Å². The van der Waals surface area contributed by atoms with Gasteiger partial charge in [-0.25, -0.2) is 0 Å². The summed E-state index contributed by atoms with van der Waals surface area (Å²) in [6.07, 6.45) is 6.14. The predicted octanol–water partition coefficient (Wildman–Crippen LogP) is 1.70. The summed E-state index contributed by atoms with van der Waals surface area (Å²) < 4.78 is 0. The number of aromatic nitrogens is 1. The molecule has 11 heavy (non-hydrogen) atoms. The second-order valence-electron chi connectivity index (χ2n) is 2.78. The molecule has 1 aromatic heterocycles. The van der Waals surface area contributed by atoms with Gasteiger partial charge in [-0.1, -0.05) is 0 Å². The number of nitrogens with two attached hydrogens (primary N) is 1. The maximum atomic E-state index is 5.70. The Morgan fingerprint density at radius 3 is 2.73 bits per heavy atom. The molecule has 60 valence electrons. The molecule has 0 radical (unpaired) electrons. The van der Waals surface area contributed by atoms with Crippen LogP contribution in [0.3, 0.4) is 0 Å². The van der Waals surface area contributed by atoms with Crippen molar-refractivity contribution in [2.45, 2.75) is 18.8 Å². The number of hydrogen-bond acceptors (Lipinski definition) is 3. The topological polar surface area (TPSA) is 73.9 Å².